The van der Waals surface area contributed by atoms with E-state index >= 15 is 0 Å². The average Bonchev–Trinajstić information content (AvgIpc) is 2.71. The van der Waals surface area contributed by atoms with Crippen LogP contribution in [0.1, 0.15) is 64.5 Å². The number of ether oxygens (including phenoxy) is 1. The van der Waals surface area contributed by atoms with E-state index in [0.29, 0.717) is 19.1 Å². The molecule has 5 nitrogen and oxygen atoms in total. The van der Waals surface area contributed by atoms with Gasteiger partial charge in [-0.2, -0.15) is 0 Å². The molecule has 158 valence electrons. The molecular weight excluding hydrogens is 352 g/mol. The van der Waals surface area contributed by atoms with Gasteiger partial charge in [0.25, 0.3) is 0 Å². The Labute approximate surface area is 170 Å². The van der Waals surface area contributed by atoms with Gasteiger partial charge in [0, 0.05) is 6.54 Å². The highest BCUT2D eigenvalue weighted by molar-refractivity contribution is 5.68. The van der Waals surface area contributed by atoms with E-state index in [2.05, 4.69) is 18.7 Å². The van der Waals surface area contributed by atoms with Crippen LogP contribution in [0.25, 0.3) is 0 Å². The number of hydrogen-bond acceptors (Lipinski definition) is 4. The Morgan fingerprint density at radius 3 is 2.46 bits per heavy atom. The summed E-state index contributed by atoms with van der Waals surface area (Å²) in [6.07, 6.45) is 4.46. The first-order valence-electron chi connectivity index (χ1n) is 10.9. The van der Waals surface area contributed by atoms with Crippen LogP contribution in [0.2, 0.25) is 0 Å². The molecule has 1 fully saturated rings. The summed E-state index contributed by atoms with van der Waals surface area (Å²) in [4.78, 5) is 17.0. The number of rotatable bonds is 10. The van der Waals surface area contributed by atoms with E-state index in [9.17, 15) is 9.90 Å². The van der Waals surface area contributed by atoms with Gasteiger partial charge in [0.05, 0.1) is 18.8 Å². The van der Waals surface area contributed by atoms with E-state index in [1.54, 1.807) is 4.90 Å². The molecule has 0 spiro atoms. The minimum absolute atomic E-state index is 0.289. The van der Waals surface area contributed by atoms with E-state index in [1.807, 2.05) is 37.3 Å². The zero-order chi connectivity index (χ0) is 20.4. The molecular formula is C23H38N2O3. The minimum Gasteiger partial charge on any atom is -0.450 e. The van der Waals surface area contributed by atoms with Crippen LogP contribution in [0, 0.1) is 5.92 Å². The average molecular weight is 391 g/mol. The molecule has 0 aromatic heterocycles. The number of carbonyl (C=O) groups is 1. The predicted octanol–water partition coefficient (Wildman–Crippen LogP) is 4.47. The van der Waals surface area contributed by atoms with Gasteiger partial charge in [-0.05, 0) is 63.7 Å². The Morgan fingerprint density at radius 1 is 1.18 bits per heavy atom. The first-order valence-corrected chi connectivity index (χ1v) is 10.9. The smallest absolute Gasteiger partial charge is 0.410 e. The third-order valence-electron chi connectivity index (χ3n) is 5.44. The summed E-state index contributed by atoms with van der Waals surface area (Å²) in [7, 11) is 0. The first-order chi connectivity index (χ1) is 13.5. The molecule has 1 aromatic carbocycles. The van der Waals surface area contributed by atoms with Crippen molar-refractivity contribution in [3.63, 3.8) is 0 Å². The number of aliphatic hydroxyl groups is 1. The lowest BCUT2D eigenvalue weighted by atomic mass is 9.93. The summed E-state index contributed by atoms with van der Waals surface area (Å²) in [5, 5.41) is 11.1. The summed E-state index contributed by atoms with van der Waals surface area (Å²) in [6.45, 7) is 10.3. The van der Waals surface area contributed by atoms with Crippen LogP contribution < -0.4 is 0 Å². The quantitative estimate of drug-likeness (QED) is 0.640. The molecule has 0 saturated carbocycles. The zero-order valence-corrected chi connectivity index (χ0v) is 17.8. The highest BCUT2D eigenvalue weighted by Crippen LogP contribution is 2.27. The molecule has 1 aromatic rings. The van der Waals surface area contributed by atoms with Crippen LogP contribution >= 0.6 is 0 Å². The molecule has 0 aliphatic carbocycles. The number of benzene rings is 1. The molecule has 1 N–H and O–H groups in total. The zero-order valence-electron chi connectivity index (χ0n) is 17.8. The lowest BCUT2D eigenvalue weighted by molar-refractivity contribution is 0.0240. The van der Waals surface area contributed by atoms with Crippen molar-refractivity contribution in [2.24, 2.45) is 5.92 Å². The molecule has 2 unspecified atom stereocenters. The van der Waals surface area contributed by atoms with Crippen molar-refractivity contribution in [1.82, 2.24) is 9.80 Å². The van der Waals surface area contributed by atoms with Gasteiger partial charge in [-0.3, -0.25) is 0 Å². The minimum atomic E-state index is -0.719. The van der Waals surface area contributed by atoms with E-state index in [0.717, 1.165) is 38.0 Å². The number of aliphatic hydroxyl groups excluding tert-OH is 1. The summed E-state index contributed by atoms with van der Waals surface area (Å²) in [6, 6.07) is 9.36. The maximum atomic E-state index is 12.8. The lowest BCUT2D eigenvalue weighted by Crippen LogP contribution is -2.46. The van der Waals surface area contributed by atoms with Gasteiger partial charge in [-0.25, -0.2) is 4.79 Å². The van der Waals surface area contributed by atoms with Crippen LogP contribution in [-0.2, 0) is 4.74 Å². The summed E-state index contributed by atoms with van der Waals surface area (Å²) in [5.74, 6) is 0.363. The third-order valence-corrected chi connectivity index (χ3v) is 5.44. The first kappa shape index (κ1) is 22.7. The Kier molecular flexibility index (Phi) is 9.79. The fraction of sp³-hybridized carbons (Fsp3) is 0.696. The number of piperidine rings is 1. The van der Waals surface area contributed by atoms with Gasteiger partial charge >= 0.3 is 6.09 Å². The molecule has 5 heteroatoms. The Morgan fingerprint density at radius 2 is 1.86 bits per heavy atom. The van der Waals surface area contributed by atoms with Crippen LogP contribution in [0.15, 0.2) is 30.3 Å². The molecule has 1 aliphatic heterocycles. The third kappa shape index (κ3) is 7.10. The van der Waals surface area contributed by atoms with Crippen LogP contribution in [0.3, 0.4) is 0 Å². The van der Waals surface area contributed by atoms with Gasteiger partial charge in [-0.1, -0.05) is 50.6 Å². The summed E-state index contributed by atoms with van der Waals surface area (Å²) >= 11 is 0. The normalized spacial score (nSPS) is 17.3. The van der Waals surface area contributed by atoms with Crippen molar-refractivity contribution in [2.45, 2.75) is 65.0 Å². The van der Waals surface area contributed by atoms with Gasteiger partial charge in [0.2, 0.25) is 0 Å². The van der Waals surface area contributed by atoms with Gasteiger partial charge < -0.3 is 19.6 Å². The van der Waals surface area contributed by atoms with E-state index in [4.69, 9.17) is 4.74 Å². The van der Waals surface area contributed by atoms with Crippen LogP contribution in [0.4, 0.5) is 4.79 Å². The SMILES string of the molecule is CCOC(=O)N(CCCN1CCCCC1)C(CC(C)C)C(O)c1ccccc1. The molecule has 1 heterocycles. The summed E-state index contributed by atoms with van der Waals surface area (Å²) in [5.41, 5.74) is 0.846. The highest BCUT2D eigenvalue weighted by atomic mass is 16.6. The van der Waals surface area contributed by atoms with E-state index < -0.39 is 6.10 Å². The second kappa shape index (κ2) is 12.1. The Bertz CT molecular complexity index is 558. The van der Waals surface area contributed by atoms with Gasteiger partial charge in [0.1, 0.15) is 0 Å². The van der Waals surface area contributed by atoms with Crippen molar-refractivity contribution in [3.8, 4) is 0 Å². The van der Waals surface area contributed by atoms with Crippen molar-refractivity contribution < 1.29 is 14.6 Å². The monoisotopic (exact) mass is 390 g/mol. The van der Waals surface area contributed by atoms with Crippen LogP contribution in [0.5, 0.6) is 0 Å². The van der Waals surface area contributed by atoms with E-state index in [1.165, 1.54) is 19.3 Å². The summed E-state index contributed by atoms with van der Waals surface area (Å²) < 4.78 is 5.36. The number of carbonyl (C=O) groups excluding carboxylic acids is 1. The molecule has 0 radical (unpaired) electrons. The molecule has 1 saturated heterocycles. The molecule has 0 bridgehead atoms. The Balaban J connectivity index is 2.11. The molecule has 2 rings (SSSR count). The second-order valence-corrected chi connectivity index (χ2v) is 8.20. The topological polar surface area (TPSA) is 53.0 Å². The van der Waals surface area contributed by atoms with Crippen molar-refractivity contribution in [3.05, 3.63) is 35.9 Å². The molecule has 1 amide bonds. The second-order valence-electron chi connectivity index (χ2n) is 8.20. The molecule has 28 heavy (non-hydrogen) atoms. The van der Waals surface area contributed by atoms with Crippen molar-refractivity contribution >= 4 is 6.09 Å². The number of hydrogen-bond donors (Lipinski definition) is 1. The highest BCUT2D eigenvalue weighted by Gasteiger charge is 2.32. The standard InChI is InChI=1S/C23H38N2O3/c1-4-28-23(27)25(17-11-16-24-14-9-6-10-15-24)21(18-19(2)3)22(26)20-12-7-5-8-13-20/h5,7-8,12-13,19,21-22,26H,4,6,9-11,14-18H2,1-3H3. The van der Waals surface area contributed by atoms with Crippen molar-refractivity contribution in [1.29, 1.82) is 0 Å². The number of amides is 1. The van der Waals surface area contributed by atoms with Crippen molar-refractivity contribution in [2.75, 3.05) is 32.8 Å². The molecule has 1 aliphatic rings. The Hall–Kier alpha value is -1.59. The van der Waals surface area contributed by atoms with E-state index in [-0.39, 0.29) is 12.1 Å². The largest absolute Gasteiger partial charge is 0.450 e. The maximum absolute atomic E-state index is 12.8. The van der Waals surface area contributed by atoms with Gasteiger partial charge in [0.15, 0.2) is 0 Å². The number of nitrogens with zero attached hydrogens (tertiary/aromatic N) is 2. The fourth-order valence-corrected chi connectivity index (χ4v) is 4.03. The molecule has 2 atom stereocenters. The van der Waals surface area contributed by atoms with Crippen LogP contribution in [-0.4, -0.2) is 59.8 Å². The fourth-order valence-electron chi connectivity index (χ4n) is 4.03. The van der Waals surface area contributed by atoms with Gasteiger partial charge in [-0.15, -0.1) is 0 Å². The number of likely N-dealkylation sites (tertiary alicyclic amines) is 1. The lowest BCUT2D eigenvalue weighted by Gasteiger charge is -2.36. The predicted molar refractivity (Wildman–Crippen MR) is 113 cm³/mol. The maximum Gasteiger partial charge on any atom is 0.410 e.